The molecule has 4 heterocycles. The van der Waals surface area contributed by atoms with Crippen molar-refractivity contribution in [2.24, 2.45) is 0 Å². The average molecular weight is 357 g/mol. The molecule has 23 heavy (non-hydrogen) atoms. The van der Waals surface area contributed by atoms with Gasteiger partial charge in [0.05, 0.1) is 25.8 Å². The lowest BCUT2D eigenvalue weighted by Gasteiger charge is -2.22. The number of thiophene rings is 2. The van der Waals surface area contributed by atoms with Crippen LogP contribution < -0.4 is 4.48 Å². The van der Waals surface area contributed by atoms with Gasteiger partial charge in [-0.3, -0.25) is 4.48 Å². The first-order valence-corrected chi connectivity index (χ1v) is 9.79. The van der Waals surface area contributed by atoms with Gasteiger partial charge in [0.25, 0.3) is 0 Å². The van der Waals surface area contributed by atoms with Gasteiger partial charge in [0.2, 0.25) is 0 Å². The molecule has 0 amide bonds. The van der Waals surface area contributed by atoms with Crippen LogP contribution in [-0.2, 0) is 0 Å². The number of hydrogen-bond donors (Lipinski definition) is 0. The molecule has 0 radical (unpaired) electrons. The van der Waals surface area contributed by atoms with E-state index in [0.29, 0.717) is 0 Å². The molecule has 3 nitrogen and oxygen atoms in total. The highest BCUT2D eigenvalue weighted by atomic mass is 32.1. The van der Waals surface area contributed by atoms with Gasteiger partial charge in [0, 0.05) is 22.6 Å². The van der Waals surface area contributed by atoms with E-state index in [0.717, 1.165) is 15.5 Å². The predicted molar refractivity (Wildman–Crippen MR) is 102 cm³/mol. The van der Waals surface area contributed by atoms with Crippen molar-refractivity contribution < 1.29 is 0 Å². The van der Waals surface area contributed by atoms with Crippen molar-refractivity contribution in [1.82, 2.24) is 13.2 Å². The summed E-state index contributed by atoms with van der Waals surface area (Å²) >= 11 is 5.02. The van der Waals surface area contributed by atoms with Crippen molar-refractivity contribution in [2.75, 3.05) is 14.1 Å². The molecule has 0 bridgehead atoms. The zero-order valence-electron chi connectivity index (χ0n) is 13.0. The van der Waals surface area contributed by atoms with Crippen LogP contribution in [-0.4, -0.2) is 22.8 Å². The monoisotopic (exact) mass is 356 g/mol. The van der Waals surface area contributed by atoms with Gasteiger partial charge in [0.1, 0.15) is 20.8 Å². The van der Waals surface area contributed by atoms with Gasteiger partial charge >= 0.3 is 0 Å². The Labute approximate surface area is 146 Å². The fourth-order valence-corrected chi connectivity index (χ4v) is 6.43. The fourth-order valence-electron chi connectivity index (χ4n) is 3.32. The first-order valence-electron chi connectivity index (χ1n) is 7.36. The van der Waals surface area contributed by atoms with E-state index >= 15 is 0 Å². The molecule has 3 aromatic heterocycles. The predicted octanol–water partition coefficient (Wildman–Crippen LogP) is 5.67. The van der Waals surface area contributed by atoms with Crippen LogP contribution in [0.4, 0.5) is 11.4 Å². The number of nitrogens with zero attached hydrogens (tertiary/aromatic N) is 3. The highest BCUT2D eigenvalue weighted by molar-refractivity contribution is 7.24. The van der Waals surface area contributed by atoms with Gasteiger partial charge in [-0.2, -0.15) is 8.75 Å². The van der Waals surface area contributed by atoms with Gasteiger partial charge in [-0.1, -0.05) is 12.1 Å². The number of hydrogen-bond acceptors (Lipinski definition) is 5. The van der Waals surface area contributed by atoms with E-state index in [9.17, 15) is 0 Å². The molecule has 0 atom stereocenters. The van der Waals surface area contributed by atoms with Gasteiger partial charge in [-0.15, -0.1) is 22.7 Å². The summed E-state index contributed by atoms with van der Waals surface area (Å²) in [6, 6.07) is 8.94. The number of aryl methyl sites for hydroxylation is 1. The van der Waals surface area contributed by atoms with Gasteiger partial charge in [-0.25, -0.2) is 0 Å². The maximum absolute atomic E-state index is 4.54. The van der Waals surface area contributed by atoms with E-state index < -0.39 is 0 Å². The maximum Gasteiger partial charge on any atom is 0.158 e. The van der Waals surface area contributed by atoms with Crippen LogP contribution >= 0.6 is 34.4 Å². The molecule has 0 fully saturated rings. The highest BCUT2D eigenvalue weighted by Crippen LogP contribution is 2.58. The molecule has 114 valence electrons. The second kappa shape index (κ2) is 4.48. The normalized spacial score (nSPS) is 15.1. The first kappa shape index (κ1) is 13.8. The third kappa shape index (κ3) is 1.72. The molecule has 6 heteroatoms. The van der Waals surface area contributed by atoms with Gasteiger partial charge < -0.3 is 0 Å². The number of quaternary nitrogens is 1. The lowest BCUT2D eigenvalue weighted by molar-refractivity contribution is 0.570. The lowest BCUT2D eigenvalue weighted by Crippen LogP contribution is -2.31. The van der Waals surface area contributed by atoms with E-state index in [1.54, 1.807) is 0 Å². The fraction of sp³-hybridized carbons (Fsp3) is 0.176. The summed E-state index contributed by atoms with van der Waals surface area (Å²) in [5.41, 5.74) is 7.27. The van der Waals surface area contributed by atoms with Crippen LogP contribution in [0.5, 0.6) is 0 Å². The Hall–Kier alpha value is -1.60. The van der Waals surface area contributed by atoms with Crippen molar-refractivity contribution in [2.45, 2.75) is 6.92 Å². The van der Waals surface area contributed by atoms with E-state index in [-0.39, 0.29) is 0 Å². The molecular weight excluding hydrogens is 342 g/mol. The summed E-state index contributed by atoms with van der Waals surface area (Å²) < 4.78 is 9.83. The average Bonchev–Trinajstić information content (AvgIpc) is 3.26. The zero-order chi connectivity index (χ0) is 15.8. The molecule has 4 aromatic rings. The summed E-state index contributed by atoms with van der Waals surface area (Å²) in [5, 5.41) is 2.20. The standard InChI is InChI=1S/C17H14N3S3/c1-9-4-5-10(15-14(9)18-23-19-15)13-8-12-17(22-13)16-11(6-7-21-16)20(12,2)3/h4-8H,1-3H3/q+1. The Morgan fingerprint density at radius 3 is 2.65 bits per heavy atom. The number of fused-ring (bicyclic) bond motifs is 4. The smallest absolute Gasteiger partial charge is 0.158 e. The molecular formula is C17H14N3S3+. The van der Waals surface area contributed by atoms with Gasteiger partial charge in [0.15, 0.2) is 11.4 Å². The quantitative estimate of drug-likeness (QED) is 0.411. The Bertz CT molecular complexity index is 1070. The minimum absolute atomic E-state index is 0.828. The van der Waals surface area contributed by atoms with Crippen LogP contribution in [0.15, 0.2) is 29.6 Å². The minimum atomic E-state index is 0.828. The molecule has 0 N–H and O–H groups in total. The van der Waals surface area contributed by atoms with Crippen molar-refractivity contribution in [1.29, 1.82) is 0 Å². The SMILES string of the molecule is Cc1ccc(-c2cc3c(s2)-c2sccc2[N+]3(C)C)c2nsnc12. The Balaban J connectivity index is 1.78. The van der Waals surface area contributed by atoms with Crippen LogP contribution in [0.2, 0.25) is 0 Å². The molecule has 0 aliphatic carbocycles. The molecule has 1 aromatic carbocycles. The summed E-state index contributed by atoms with van der Waals surface area (Å²) in [7, 11) is 4.53. The van der Waals surface area contributed by atoms with Gasteiger partial charge in [-0.05, 0) is 17.9 Å². The largest absolute Gasteiger partial charge is 0.261 e. The Kier molecular flexibility index (Phi) is 2.69. The van der Waals surface area contributed by atoms with E-state index in [1.165, 1.54) is 48.9 Å². The van der Waals surface area contributed by atoms with Crippen molar-refractivity contribution in [3.63, 3.8) is 0 Å². The topological polar surface area (TPSA) is 25.8 Å². The summed E-state index contributed by atoms with van der Waals surface area (Å²) in [6.45, 7) is 2.10. The zero-order valence-corrected chi connectivity index (χ0v) is 15.4. The molecule has 0 unspecified atom stereocenters. The minimum Gasteiger partial charge on any atom is -0.261 e. The number of aromatic nitrogens is 2. The number of rotatable bonds is 1. The Morgan fingerprint density at radius 1 is 0.957 bits per heavy atom. The van der Waals surface area contributed by atoms with Crippen LogP contribution in [0.3, 0.4) is 0 Å². The van der Waals surface area contributed by atoms with E-state index in [4.69, 9.17) is 0 Å². The summed E-state index contributed by atoms with van der Waals surface area (Å²) in [6.07, 6.45) is 0. The Morgan fingerprint density at radius 2 is 1.78 bits per heavy atom. The maximum atomic E-state index is 4.54. The summed E-state index contributed by atoms with van der Waals surface area (Å²) in [5.74, 6) is 0. The molecule has 1 aliphatic rings. The van der Waals surface area contributed by atoms with Crippen molar-refractivity contribution in [3.05, 3.63) is 35.2 Å². The van der Waals surface area contributed by atoms with Crippen LogP contribution in [0.25, 0.3) is 31.2 Å². The first-order chi connectivity index (χ1) is 11.1. The third-order valence-electron chi connectivity index (χ3n) is 4.65. The lowest BCUT2D eigenvalue weighted by atomic mass is 10.1. The third-order valence-corrected chi connectivity index (χ3v) is 7.40. The van der Waals surface area contributed by atoms with Crippen molar-refractivity contribution >= 4 is 56.8 Å². The molecule has 1 aliphatic heterocycles. The molecule has 0 saturated carbocycles. The second-order valence-corrected chi connectivity index (χ2v) is 8.80. The van der Waals surface area contributed by atoms with E-state index in [2.05, 4.69) is 59.4 Å². The van der Waals surface area contributed by atoms with Crippen LogP contribution in [0.1, 0.15) is 5.56 Å². The van der Waals surface area contributed by atoms with E-state index in [1.807, 2.05) is 22.7 Å². The molecule has 5 rings (SSSR count). The van der Waals surface area contributed by atoms with Crippen LogP contribution in [0, 0.1) is 6.92 Å². The van der Waals surface area contributed by atoms with Crippen molar-refractivity contribution in [3.8, 4) is 20.2 Å². The molecule has 0 saturated heterocycles. The molecule has 0 spiro atoms. The second-order valence-electron chi connectivity index (χ2n) is 6.30. The summed E-state index contributed by atoms with van der Waals surface area (Å²) in [4.78, 5) is 4.12. The number of benzene rings is 1. The highest BCUT2D eigenvalue weighted by Gasteiger charge is 2.40.